The smallest absolute Gasteiger partial charge is 0.256 e. The minimum Gasteiger partial charge on any atom is -0.387 e. The Labute approximate surface area is 254 Å². The highest BCUT2D eigenvalue weighted by Crippen LogP contribution is 2.43. The number of halogens is 1. The average Bonchev–Trinajstić information content (AvgIpc) is 3.87. The third kappa shape index (κ3) is 5.96. The summed E-state index contributed by atoms with van der Waals surface area (Å²) >= 11 is 6.87. The third-order valence-electron chi connectivity index (χ3n) is 7.40. The fourth-order valence-corrected chi connectivity index (χ4v) is 5.49. The van der Waals surface area contributed by atoms with Gasteiger partial charge in [-0.25, -0.2) is 15.0 Å². The fraction of sp³-hybridized carbons (Fsp3) is 0.147. The van der Waals surface area contributed by atoms with Crippen LogP contribution in [0.2, 0.25) is 5.02 Å². The second-order valence-electron chi connectivity index (χ2n) is 10.3. The highest BCUT2D eigenvalue weighted by Gasteiger charge is 2.24. The van der Waals surface area contributed by atoms with Crippen molar-refractivity contribution in [2.24, 2.45) is 0 Å². The summed E-state index contributed by atoms with van der Waals surface area (Å²) in [4.78, 5) is 38.5. The number of pyridine rings is 1. The van der Waals surface area contributed by atoms with E-state index in [1.54, 1.807) is 37.5 Å². The zero-order valence-electron chi connectivity index (χ0n) is 23.7. The van der Waals surface area contributed by atoms with Gasteiger partial charge >= 0.3 is 0 Å². The van der Waals surface area contributed by atoms with Crippen molar-refractivity contribution >= 4 is 51.5 Å². The molecule has 0 aliphatic heterocycles. The molecule has 2 amide bonds. The quantitative estimate of drug-likeness (QED) is 0.160. The van der Waals surface area contributed by atoms with Crippen LogP contribution in [0.1, 0.15) is 41.6 Å². The van der Waals surface area contributed by atoms with E-state index in [9.17, 15) is 9.59 Å². The molecule has 2 aromatic heterocycles. The van der Waals surface area contributed by atoms with Crippen LogP contribution in [0, 0.1) is 0 Å². The summed E-state index contributed by atoms with van der Waals surface area (Å²) in [7, 11) is 1.83. The predicted molar refractivity (Wildman–Crippen MR) is 173 cm³/mol. The van der Waals surface area contributed by atoms with Gasteiger partial charge in [0.1, 0.15) is 12.1 Å². The van der Waals surface area contributed by atoms with Crippen molar-refractivity contribution in [3.63, 3.8) is 0 Å². The number of hydrogen-bond donors (Lipinski definition) is 3. The van der Waals surface area contributed by atoms with Crippen LogP contribution in [0.3, 0.4) is 0 Å². The molecule has 8 nitrogen and oxygen atoms in total. The number of nitrogens with zero attached hydrogens (tertiary/aromatic N) is 3. The first-order chi connectivity index (χ1) is 20.9. The van der Waals surface area contributed by atoms with E-state index in [4.69, 9.17) is 11.6 Å². The van der Waals surface area contributed by atoms with Crippen molar-refractivity contribution in [1.82, 2.24) is 15.0 Å². The van der Waals surface area contributed by atoms with Crippen LogP contribution in [0.15, 0.2) is 91.5 Å². The fourth-order valence-electron chi connectivity index (χ4n) is 5.21. The minimum absolute atomic E-state index is 0.208. The molecule has 9 heteroatoms. The molecular weight excluding hydrogens is 560 g/mol. The van der Waals surface area contributed by atoms with E-state index in [0.29, 0.717) is 28.0 Å². The summed E-state index contributed by atoms with van der Waals surface area (Å²) in [6.07, 6.45) is 10.5. The van der Waals surface area contributed by atoms with E-state index in [-0.39, 0.29) is 11.8 Å². The van der Waals surface area contributed by atoms with Crippen LogP contribution in [0.5, 0.6) is 0 Å². The van der Waals surface area contributed by atoms with Crippen molar-refractivity contribution in [2.75, 3.05) is 23.0 Å². The second kappa shape index (κ2) is 12.0. The Balaban J connectivity index is 1.38. The lowest BCUT2D eigenvalue weighted by atomic mass is 9.93. The molecule has 214 valence electrons. The maximum Gasteiger partial charge on any atom is 0.256 e. The Morgan fingerprint density at radius 1 is 0.953 bits per heavy atom. The van der Waals surface area contributed by atoms with E-state index >= 15 is 0 Å². The van der Waals surface area contributed by atoms with Crippen LogP contribution in [-0.4, -0.2) is 33.8 Å². The van der Waals surface area contributed by atoms with Gasteiger partial charge in [-0.3, -0.25) is 9.59 Å². The number of fused-ring (bicyclic) bond motifs is 1. The molecule has 0 atom stereocenters. The number of carbonyl (C=O) groups excluding carboxylic acids is 2. The number of allylic oxidation sites excluding steroid dienone is 1. The Bertz CT molecular complexity index is 1900. The van der Waals surface area contributed by atoms with Crippen molar-refractivity contribution in [3.05, 3.63) is 108 Å². The Hall–Kier alpha value is -5.08. The zero-order valence-corrected chi connectivity index (χ0v) is 24.4. The van der Waals surface area contributed by atoms with Gasteiger partial charge in [0.05, 0.1) is 11.2 Å². The molecule has 1 aliphatic rings. The highest BCUT2D eigenvalue weighted by atomic mass is 35.5. The molecule has 2 heterocycles. The third-order valence-corrected chi connectivity index (χ3v) is 7.71. The molecule has 0 unspecified atom stereocenters. The highest BCUT2D eigenvalue weighted by molar-refractivity contribution is 6.34. The number of anilines is 3. The summed E-state index contributed by atoms with van der Waals surface area (Å²) in [6.45, 7) is 1.79. The monoisotopic (exact) mass is 588 g/mol. The molecular formula is C34H29ClN6O2. The van der Waals surface area contributed by atoms with Gasteiger partial charge in [0.2, 0.25) is 5.91 Å². The number of hydrogen-bond acceptors (Lipinski definition) is 6. The predicted octanol–water partition coefficient (Wildman–Crippen LogP) is 7.70. The van der Waals surface area contributed by atoms with Crippen LogP contribution in [0.25, 0.3) is 33.2 Å². The molecule has 1 saturated carbocycles. The number of carbonyl (C=O) groups is 2. The molecule has 3 N–H and O–H groups in total. The summed E-state index contributed by atoms with van der Waals surface area (Å²) in [6, 6.07) is 18.8. The molecule has 0 bridgehead atoms. The van der Waals surface area contributed by atoms with E-state index in [1.165, 1.54) is 30.8 Å². The molecule has 1 aliphatic carbocycles. The van der Waals surface area contributed by atoms with Crippen LogP contribution >= 0.6 is 11.6 Å². The molecule has 0 radical (unpaired) electrons. The average molecular weight is 589 g/mol. The molecule has 43 heavy (non-hydrogen) atoms. The van der Waals surface area contributed by atoms with Gasteiger partial charge in [-0.15, -0.1) is 0 Å². The van der Waals surface area contributed by atoms with Crippen LogP contribution in [0.4, 0.5) is 17.2 Å². The minimum atomic E-state index is -0.285. The number of rotatable bonds is 8. The lowest BCUT2D eigenvalue weighted by molar-refractivity contribution is -0.111. The summed E-state index contributed by atoms with van der Waals surface area (Å²) in [5.74, 6) is 0.591. The van der Waals surface area contributed by atoms with Crippen molar-refractivity contribution < 1.29 is 9.59 Å². The van der Waals surface area contributed by atoms with Crippen molar-refractivity contribution in [3.8, 4) is 22.3 Å². The van der Waals surface area contributed by atoms with E-state index < -0.39 is 0 Å². The Morgan fingerprint density at radius 3 is 2.58 bits per heavy atom. The lowest BCUT2D eigenvalue weighted by Gasteiger charge is -2.18. The maximum absolute atomic E-state index is 13.1. The summed E-state index contributed by atoms with van der Waals surface area (Å²) in [5, 5.41) is 10.3. The van der Waals surface area contributed by atoms with E-state index in [0.717, 1.165) is 38.8 Å². The van der Waals surface area contributed by atoms with Crippen molar-refractivity contribution in [2.45, 2.75) is 25.7 Å². The molecule has 1 fully saturated rings. The van der Waals surface area contributed by atoms with E-state index in [1.807, 2.05) is 55.6 Å². The van der Waals surface area contributed by atoms with Gasteiger partial charge in [-0.05, 0) is 85.4 Å². The van der Waals surface area contributed by atoms with Gasteiger partial charge in [0.15, 0.2) is 0 Å². The first-order valence-electron chi connectivity index (χ1n) is 14.0. The standard InChI is InChI=1S/C34H29ClN6O2/c1-3-5-31(42)40-24-7-4-6-22(14-24)26-17-27(32(36-2)28-18-37-19-39-33(26)28)25-11-10-23(15-29(25)35)34(43)41-30-16-21(12-13-38-30)20-8-9-20/h3-7,10-20,36H,8-9H2,1-2H3,(H,40,42)(H,38,41,43)/b5-3+. The van der Waals surface area contributed by atoms with Crippen LogP contribution in [-0.2, 0) is 4.79 Å². The molecule has 0 saturated heterocycles. The Kier molecular flexibility index (Phi) is 7.85. The maximum atomic E-state index is 13.1. The number of nitrogens with one attached hydrogen (secondary N) is 3. The molecule has 6 rings (SSSR count). The SMILES string of the molecule is C/C=C/C(=O)Nc1cccc(-c2cc(-c3ccc(C(=O)Nc4cc(C5CC5)ccn4)cc3Cl)c(NC)c3cncnc23)c1. The topological polar surface area (TPSA) is 109 Å². The van der Waals surface area contributed by atoms with Gasteiger partial charge < -0.3 is 16.0 Å². The second-order valence-corrected chi connectivity index (χ2v) is 10.8. The largest absolute Gasteiger partial charge is 0.387 e. The normalized spacial score (nSPS) is 12.8. The van der Waals surface area contributed by atoms with Crippen molar-refractivity contribution in [1.29, 1.82) is 0 Å². The summed E-state index contributed by atoms with van der Waals surface area (Å²) in [5.41, 5.74) is 7.08. The van der Waals surface area contributed by atoms with E-state index in [2.05, 4.69) is 30.9 Å². The van der Waals surface area contributed by atoms with Gasteiger partial charge in [-0.1, -0.05) is 35.9 Å². The lowest BCUT2D eigenvalue weighted by Crippen LogP contribution is -2.13. The number of amides is 2. The molecule has 3 aromatic carbocycles. The van der Waals surface area contributed by atoms with Gasteiger partial charge in [-0.2, -0.15) is 0 Å². The van der Waals surface area contributed by atoms with Gasteiger partial charge in [0, 0.05) is 57.8 Å². The first kappa shape index (κ1) is 28.1. The Morgan fingerprint density at radius 2 is 1.81 bits per heavy atom. The number of benzene rings is 3. The number of aromatic nitrogens is 3. The van der Waals surface area contributed by atoms with Gasteiger partial charge in [0.25, 0.3) is 5.91 Å². The first-order valence-corrected chi connectivity index (χ1v) is 14.4. The molecule has 0 spiro atoms. The zero-order chi connectivity index (χ0) is 29.9. The molecule has 5 aromatic rings. The van der Waals surface area contributed by atoms with Crippen LogP contribution < -0.4 is 16.0 Å². The summed E-state index contributed by atoms with van der Waals surface area (Å²) < 4.78 is 0.